The average molecular weight is 266 g/mol. The lowest BCUT2D eigenvalue weighted by molar-refractivity contribution is 0.0606. The number of nitrogens with zero attached hydrogens (tertiary/aromatic N) is 1. The van der Waals surface area contributed by atoms with E-state index in [2.05, 4.69) is 15.0 Å². The predicted octanol–water partition coefficient (Wildman–Crippen LogP) is 2.08. The molecule has 1 N–H and O–H groups in total. The van der Waals surface area contributed by atoms with E-state index in [0.29, 0.717) is 21.3 Å². The average Bonchev–Trinajstić information content (AvgIpc) is 2.97. The fraction of sp³-hybridized carbons (Fsp3) is 0.182. The molecule has 1 amide bonds. The summed E-state index contributed by atoms with van der Waals surface area (Å²) in [6.07, 6.45) is 2.79. The van der Waals surface area contributed by atoms with Crippen molar-refractivity contribution < 1.29 is 18.7 Å². The van der Waals surface area contributed by atoms with E-state index in [1.807, 2.05) is 0 Å². The van der Waals surface area contributed by atoms with Crippen LogP contribution in [0, 0.1) is 6.92 Å². The fourth-order valence-corrected chi connectivity index (χ4v) is 2.04. The zero-order valence-electron chi connectivity index (χ0n) is 9.72. The molecule has 2 rings (SSSR count). The van der Waals surface area contributed by atoms with Crippen molar-refractivity contribution in [1.29, 1.82) is 0 Å². The second-order valence-corrected chi connectivity index (χ2v) is 4.40. The highest BCUT2D eigenvalue weighted by molar-refractivity contribution is 7.17. The van der Waals surface area contributed by atoms with Gasteiger partial charge in [-0.1, -0.05) is 11.3 Å². The molecular weight excluding hydrogens is 256 g/mol. The number of thiazole rings is 1. The predicted molar refractivity (Wildman–Crippen MR) is 64.9 cm³/mol. The van der Waals surface area contributed by atoms with Crippen molar-refractivity contribution in [3.8, 4) is 0 Å². The molecule has 2 aromatic rings. The number of carbonyl (C=O) groups excluding carboxylic acids is 2. The van der Waals surface area contributed by atoms with Gasteiger partial charge in [-0.25, -0.2) is 9.78 Å². The molecule has 18 heavy (non-hydrogen) atoms. The summed E-state index contributed by atoms with van der Waals surface area (Å²) in [5.74, 6) is -0.281. The molecule has 0 atom stereocenters. The highest BCUT2D eigenvalue weighted by Gasteiger charge is 2.15. The van der Waals surface area contributed by atoms with Crippen molar-refractivity contribution in [2.75, 3.05) is 12.4 Å². The van der Waals surface area contributed by atoms with Crippen LogP contribution in [-0.2, 0) is 4.74 Å². The van der Waals surface area contributed by atoms with Gasteiger partial charge in [-0.15, -0.1) is 0 Å². The quantitative estimate of drug-likeness (QED) is 0.860. The summed E-state index contributed by atoms with van der Waals surface area (Å²) in [5, 5.41) is 2.92. The summed E-state index contributed by atoms with van der Waals surface area (Å²) in [5.41, 5.74) is 0.435. The number of anilines is 1. The number of methoxy groups -OCH3 is 1. The minimum Gasteiger partial charge on any atom is -0.469 e. The van der Waals surface area contributed by atoms with Gasteiger partial charge in [0.1, 0.15) is 10.6 Å². The summed E-state index contributed by atoms with van der Waals surface area (Å²) in [6.45, 7) is 1.69. The first kappa shape index (κ1) is 12.3. The molecule has 6 nitrogen and oxygen atoms in total. The molecule has 0 saturated carbocycles. The van der Waals surface area contributed by atoms with Crippen LogP contribution in [0.25, 0.3) is 0 Å². The van der Waals surface area contributed by atoms with E-state index in [1.54, 1.807) is 13.0 Å². The van der Waals surface area contributed by atoms with Crippen LogP contribution in [-0.4, -0.2) is 24.0 Å². The van der Waals surface area contributed by atoms with Gasteiger partial charge in [0.2, 0.25) is 0 Å². The van der Waals surface area contributed by atoms with Gasteiger partial charge in [0.15, 0.2) is 5.13 Å². The summed E-state index contributed by atoms with van der Waals surface area (Å²) in [4.78, 5) is 27.3. The van der Waals surface area contributed by atoms with Crippen LogP contribution in [0.1, 0.15) is 25.8 Å². The molecule has 0 radical (unpaired) electrons. The van der Waals surface area contributed by atoms with Crippen molar-refractivity contribution >= 4 is 28.3 Å². The molecule has 0 bridgehead atoms. The van der Waals surface area contributed by atoms with Crippen molar-refractivity contribution in [3.63, 3.8) is 0 Å². The van der Waals surface area contributed by atoms with Crippen LogP contribution in [0.15, 0.2) is 22.9 Å². The van der Waals surface area contributed by atoms with Gasteiger partial charge in [0, 0.05) is 0 Å². The van der Waals surface area contributed by atoms with Crippen molar-refractivity contribution in [3.05, 3.63) is 34.7 Å². The monoisotopic (exact) mass is 266 g/mol. The third kappa shape index (κ3) is 2.40. The SMILES string of the molecule is COC(=O)c1cnc(NC(=O)c2ccoc2C)s1. The lowest BCUT2D eigenvalue weighted by Gasteiger charge is -1.99. The number of furan rings is 1. The fourth-order valence-electron chi connectivity index (χ4n) is 1.31. The van der Waals surface area contributed by atoms with Gasteiger partial charge < -0.3 is 9.15 Å². The number of amides is 1. The van der Waals surface area contributed by atoms with Crippen LogP contribution < -0.4 is 5.32 Å². The molecule has 2 heterocycles. The van der Waals surface area contributed by atoms with Gasteiger partial charge in [0.05, 0.1) is 25.1 Å². The maximum absolute atomic E-state index is 11.8. The topological polar surface area (TPSA) is 81.4 Å². The highest BCUT2D eigenvalue weighted by atomic mass is 32.1. The Kier molecular flexibility index (Phi) is 3.42. The Labute approximate surface area is 107 Å². The third-order valence-electron chi connectivity index (χ3n) is 2.22. The second-order valence-electron chi connectivity index (χ2n) is 3.37. The van der Waals surface area contributed by atoms with E-state index in [9.17, 15) is 9.59 Å². The lowest BCUT2D eigenvalue weighted by Crippen LogP contribution is -2.11. The maximum Gasteiger partial charge on any atom is 0.349 e. The van der Waals surface area contributed by atoms with E-state index < -0.39 is 5.97 Å². The highest BCUT2D eigenvalue weighted by Crippen LogP contribution is 2.20. The molecule has 0 aliphatic heterocycles. The van der Waals surface area contributed by atoms with Crippen LogP contribution >= 0.6 is 11.3 Å². The molecule has 0 aliphatic carbocycles. The number of carbonyl (C=O) groups is 2. The van der Waals surface area contributed by atoms with Gasteiger partial charge in [-0.2, -0.15) is 0 Å². The van der Waals surface area contributed by atoms with Crippen molar-refractivity contribution in [1.82, 2.24) is 4.98 Å². The van der Waals surface area contributed by atoms with Gasteiger partial charge in [0.25, 0.3) is 5.91 Å². The third-order valence-corrected chi connectivity index (χ3v) is 3.11. The van der Waals surface area contributed by atoms with Gasteiger partial charge >= 0.3 is 5.97 Å². The first-order chi connectivity index (χ1) is 8.61. The van der Waals surface area contributed by atoms with Crippen LogP contribution in [0.2, 0.25) is 0 Å². The standard InChI is InChI=1S/C11H10N2O4S/c1-6-7(3-4-17-6)9(14)13-11-12-5-8(18-11)10(15)16-2/h3-5H,1-2H3,(H,12,13,14). The lowest BCUT2D eigenvalue weighted by atomic mass is 10.2. The van der Waals surface area contributed by atoms with E-state index in [4.69, 9.17) is 4.42 Å². The molecule has 0 aliphatic rings. The zero-order valence-corrected chi connectivity index (χ0v) is 10.5. The Morgan fingerprint density at radius 3 is 2.89 bits per heavy atom. The number of hydrogen-bond acceptors (Lipinski definition) is 6. The molecule has 0 spiro atoms. The number of aromatic nitrogens is 1. The molecule has 0 unspecified atom stereocenters. The van der Waals surface area contributed by atoms with E-state index >= 15 is 0 Å². The van der Waals surface area contributed by atoms with E-state index in [0.717, 1.165) is 11.3 Å². The van der Waals surface area contributed by atoms with E-state index in [-0.39, 0.29) is 5.91 Å². The van der Waals surface area contributed by atoms with Crippen LogP contribution in [0.5, 0.6) is 0 Å². The number of esters is 1. The first-order valence-electron chi connectivity index (χ1n) is 5.01. The Bertz CT molecular complexity index is 587. The Morgan fingerprint density at radius 1 is 1.50 bits per heavy atom. The summed E-state index contributed by atoms with van der Waals surface area (Å²) in [6, 6.07) is 1.57. The number of rotatable bonds is 3. The van der Waals surface area contributed by atoms with Gasteiger partial charge in [-0.3, -0.25) is 10.1 Å². The first-order valence-corrected chi connectivity index (χ1v) is 5.83. The molecular formula is C11H10N2O4S. The maximum atomic E-state index is 11.8. The van der Waals surface area contributed by atoms with E-state index in [1.165, 1.54) is 19.6 Å². The number of nitrogens with one attached hydrogen (secondary N) is 1. The normalized spacial score (nSPS) is 10.1. The van der Waals surface area contributed by atoms with Crippen LogP contribution in [0.4, 0.5) is 5.13 Å². The van der Waals surface area contributed by atoms with Crippen LogP contribution in [0.3, 0.4) is 0 Å². The zero-order chi connectivity index (χ0) is 13.1. The molecule has 0 aromatic carbocycles. The largest absolute Gasteiger partial charge is 0.469 e. The van der Waals surface area contributed by atoms with Gasteiger partial charge in [-0.05, 0) is 13.0 Å². The minimum atomic E-state index is -0.479. The number of ether oxygens (including phenoxy) is 1. The Hall–Kier alpha value is -2.15. The summed E-state index contributed by atoms with van der Waals surface area (Å²) < 4.78 is 9.58. The minimum absolute atomic E-state index is 0.327. The summed E-state index contributed by atoms with van der Waals surface area (Å²) in [7, 11) is 1.29. The smallest absolute Gasteiger partial charge is 0.349 e. The molecule has 2 aromatic heterocycles. The Balaban J connectivity index is 2.11. The molecule has 0 saturated heterocycles. The molecule has 7 heteroatoms. The summed E-state index contributed by atoms with van der Waals surface area (Å²) >= 11 is 1.05. The van der Waals surface area contributed by atoms with Crippen molar-refractivity contribution in [2.24, 2.45) is 0 Å². The number of hydrogen-bond donors (Lipinski definition) is 1. The van der Waals surface area contributed by atoms with Crippen molar-refractivity contribution in [2.45, 2.75) is 6.92 Å². The molecule has 0 fully saturated rings. The molecule has 94 valence electrons. The Morgan fingerprint density at radius 2 is 2.28 bits per heavy atom. The number of aryl methyl sites for hydroxylation is 1. The second kappa shape index (κ2) is 5.01.